The summed E-state index contributed by atoms with van der Waals surface area (Å²) in [6.45, 7) is 4.21. The van der Waals surface area contributed by atoms with Gasteiger partial charge in [0, 0.05) is 44.8 Å². The summed E-state index contributed by atoms with van der Waals surface area (Å²) in [6.07, 6.45) is 5.43. The van der Waals surface area contributed by atoms with E-state index in [1.165, 1.54) is 32.6 Å². The van der Waals surface area contributed by atoms with Crippen molar-refractivity contribution in [3.05, 3.63) is 24.3 Å². The standard InChI is InChI=1S/C19H27N3O3S/c1-14(23)20-17-4-6-18(7-5-17)26(24,25)22-10-8-21(9-11-22)19-13-15-2-3-16(19)12-15/h4-7,15-16,19H,2-3,8-13H2,1H3,(H,20,23). The number of hydrogen-bond donors (Lipinski definition) is 1. The molecule has 2 aliphatic carbocycles. The van der Waals surface area contributed by atoms with Crippen molar-refractivity contribution in [2.45, 2.75) is 43.5 Å². The number of carbonyl (C=O) groups is 1. The quantitative estimate of drug-likeness (QED) is 0.873. The molecular formula is C19H27N3O3S. The maximum Gasteiger partial charge on any atom is 0.243 e. The molecule has 26 heavy (non-hydrogen) atoms. The first kappa shape index (κ1) is 17.9. The molecule has 1 aromatic carbocycles. The Morgan fingerprint density at radius 3 is 2.27 bits per heavy atom. The highest BCUT2D eigenvalue weighted by atomic mass is 32.2. The zero-order valence-corrected chi connectivity index (χ0v) is 16.0. The number of hydrogen-bond acceptors (Lipinski definition) is 4. The number of rotatable bonds is 4. The Morgan fingerprint density at radius 1 is 1.04 bits per heavy atom. The zero-order valence-electron chi connectivity index (χ0n) is 15.2. The van der Waals surface area contributed by atoms with Crippen LogP contribution < -0.4 is 5.32 Å². The molecule has 4 rings (SSSR count). The smallest absolute Gasteiger partial charge is 0.243 e. The van der Waals surface area contributed by atoms with Gasteiger partial charge in [0.15, 0.2) is 0 Å². The van der Waals surface area contributed by atoms with Crippen LogP contribution in [0.25, 0.3) is 0 Å². The molecule has 3 unspecified atom stereocenters. The number of fused-ring (bicyclic) bond motifs is 2. The van der Waals surface area contributed by atoms with Crippen LogP contribution in [0.2, 0.25) is 0 Å². The number of benzene rings is 1. The van der Waals surface area contributed by atoms with Crippen LogP contribution >= 0.6 is 0 Å². The molecule has 3 aliphatic rings. The first-order valence-electron chi connectivity index (χ1n) is 9.55. The van der Waals surface area contributed by atoms with Crippen molar-refractivity contribution in [2.75, 3.05) is 31.5 Å². The highest BCUT2D eigenvalue weighted by molar-refractivity contribution is 7.89. The van der Waals surface area contributed by atoms with Gasteiger partial charge in [0.25, 0.3) is 0 Å². The van der Waals surface area contributed by atoms with Crippen LogP contribution in [0.15, 0.2) is 29.2 Å². The molecule has 1 amide bonds. The predicted molar refractivity (Wildman–Crippen MR) is 100 cm³/mol. The lowest BCUT2D eigenvalue weighted by Gasteiger charge is -2.40. The first-order chi connectivity index (χ1) is 12.4. The molecule has 1 heterocycles. The molecule has 142 valence electrons. The molecule has 0 aromatic heterocycles. The Balaban J connectivity index is 1.39. The second-order valence-electron chi connectivity index (χ2n) is 7.89. The average Bonchev–Trinajstić information content (AvgIpc) is 3.25. The van der Waals surface area contributed by atoms with Gasteiger partial charge >= 0.3 is 0 Å². The van der Waals surface area contributed by atoms with Crippen molar-refractivity contribution >= 4 is 21.6 Å². The Bertz CT molecular complexity index is 770. The van der Waals surface area contributed by atoms with Crippen LogP contribution in [0.1, 0.15) is 32.6 Å². The topological polar surface area (TPSA) is 69.7 Å². The molecule has 3 fully saturated rings. The van der Waals surface area contributed by atoms with E-state index in [1.807, 2.05) is 0 Å². The molecule has 3 atom stereocenters. The summed E-state index contributed by atoms with van der Waals surface area (Å²) < 4.78 is 27.4. The third-order valence-corrected chi connectivity index (χ3v) is 8.17. The van der Waals surface area contributed by atoms with Gasteiger partial charge in [0.05, 0.1) is 4.90 Å². The number of carbonyl (C=O) groups excluding carboxylic acids is 1. The minimum absolute atomic E-state index is 0.169. The summed E-state index contributed by atoms with van der Waals surface area (Å²) in [6, 6.07) is 7.10. The Hall–Kier alpha value is -1.44. The fraction of sp³-hybridized carbons (Fsp3) is 0.632. The number of sulfonamides is 1. The zero-order chi connectivity index (χ0) is 18.3. The average molecular weight is 378 g/mol. The molecule has 2 bridgehead atoms. The van der Waals surface area contributed by atoms with Crippen molar-refractivity contribution in [2.24, 2.45) is 11.8 Å². The van der Waals surface area contributed by atoms with E-state index in [-0.39, 0.29) is 5.91 Å². The summed E-state index contributed by atoms with van der Waals surface area (Å²) in [5.74, 6) is 1.58. The van der Waals surface area contributed by atoms with Crippen LogP contribution in [-0.4, -0.2) is 55.8 Å². The third kappa shape index (κ3) is 3.40. The maximum atomic E-state index is 12.9. The third-order valence-electron chi connectivity index (χ3n) is 6.26. The molecule has 1 N–H and O–H groups in total. The van der Waals surface area contributed by atoms with Gasteiger partial charge < -0.3 is 5.32 Å². The van der Waals surface area contributed by atoms with Crippen LogP contribution in [0.4, 0.5) is 5.69 Å². The van der Waals surface area contributed by atoms with Gasteiger partial charge in [0.2, 0.25) is 15.9 Å². The minimum Gasteiger partial charge on any atom is -0.326 e. The van der Waals surface area contributed by atoms with E-state index in [2.05, 4.69) is 10.2 Å². The number of nitrogens with one attached hydrogen (secondary N) is 1. The fourth-order valence-corrected chi connectivity index (χ4v) is 6.42. The van der Waals surface area contributed by atoms with E-state index in [0.717, 1.165) is 24.9 Å². The summed E-state index contributed by atoms with van der Waals surface area (Å²) in [5.41, 5.74) is 0.609. The Labute approximate surface area is 155 Å². The minimum atomic E-state index is -3.47. The molecular weight excluding hydrogens is 350 g/mol. The number of anilines is 1. The molecule has 0 radical (unpaired) electrons. The molecule has 0 spiro atoms. The van der Waals surface area contributed by atoms with Crippen LogP contribution in [0.5, 0.6) is 0 Å². The second-order valence-corrected chi connectivity index (χ2v) is 9.83. The van der Waals surface area contributed by atoms with Crippen molar-refractivity contribution in [3.63, 3.8) is 0 Å². The molecule has 1 aliphatic heterocycles. The van der Waals surface area contributed by atoms with Gasteiger partial charge in [-0.1, -0.05) is 6.42 Å². The van der Waals surface area contributed by atoms with Crippen molar-refractivity contribution in [3.8, 4) is 0 Å². The first-order valence-corrected chi connectivity index (χ1v) is 11.0. The van der Waals surface area contributed by atoms with E-state index >= 15 is 0 Å². The van der Waals surface area contributed by atoms with E-state index in [9.17, 15) is 13.2 Å². The fourth-order valence-electron chi connectivity index (χ4n) is 5.00. The second kappa shape index (κ2) is 6.94. The largest absolute Gasteiger partial charge is 0.326 e. The molecule has 2 saturated carbocycles. The van der Waals surface area contributed by atoms with Crippen LogP contribution in [0.3, 0.4) is 0 Å². The van der Waals surface area contributed by atoms with Crippen molar-refractivity contribution in [1.29, 1.82) is 0 Å². The normalized spacial score (nSPS) is 29.8. The molecule has 1 aromatic rings. The predicted octanol–water partition coefficient (Wildman–Crippen LogP) is 2.14. The lowest BCUT2D eigenvalue weighted by Crippen LogP contribution is -2.53. The van der Waals surface area contributed by atoms with E-state index in [1.54, 1.807) is 28.6 Å². The molecule has 6 nitrogen and oxygen atoms in total. The van der Waals surface area contributed by atoms with E-state index in [4.69, 9.17) is 0 Å². The SMILES string of the molecule is CC(=O)Nc1ccc(S(=O)(=O)N2CCN(C3CC4CCC3C4)CC2)cc1. The van der Waals surface area contributed by atoms with Gasteiger partial charge in [0.1, 0.15) is 0 Å². The Kier molecular flexibility index (Phi) is 4.79. The maximum absolute atomic E-state index is 12.9. The number of piperazine rings is 1. The van der Waals surface area contributed by atoms with Gasteiger partial charge in [-0.15, -0.1) is 0 Å². The summed E-state index contributed by atoms with van der Waals surface area (Å²) in [5, 5.41) is 2.66. The van der Waals surface area contributed by atoms with Crippen LogP contribution in [-0.2, 0) is 14.8 Å². The van der Waals surface area contributed by atoms with Crippen molar-refractivity contribution < 1.29 is 13.2 Å². The summed E-state index contributed by atoms with van der Waals surface area (Å²) >= 11 is 0. The highest BCUT2D eigenvalue weighted by Crippen LogP contribution is 2.46. The van der Waals surface area contributed by atoms with Gasteiger partial charge in [-0.2, -0.15) is 4.31 Å². The summed E-state index contributed by atoms with van der Waals surface area (Å²) in [7, 11) is -3.47. The van der Waals surface area contributed by atoms with Gasteiger partial charge in [-0.3, -0.25) is 9.69 Å². The number of nitrogens with zero attached hydrogens (tertiary/aromatic N) is 2. The monoisotopic (exact) mass is 377 g/mol. The van der Waals surface area contributed by atoms with Gasteiger partial charge in [-0.05, 0) is 55.4 Å². The van der Waals surface area contributed by atoms with Crippen LogP contribution in [0, 0.1) is 11.8 Å². The Morgan fingerprint density at radius 2 is 1.73 bits per heavy atom. The van der Waals surface area contributed by atoms with Gasteiger partial charge in [-0.25, -0.2) is 8.42 Å². The molecule has 1 saturated heterocycles. The molecule has 7 heteroatoms. The lowest BCUT2D eigenvalue weighted by molar-refractivity contribution is -0.114. The number of amides is 1. The van der Waals surface area contributed by atoms with E-state index < -0.39 is 10.0 Å². The van der Waals surface area contributed by atoms with Crippen molar-refractivity contribution in [1.82, 2.24) is 9.21 Å². The highest BCUT2D eigenvalue weighted by Gasteiger charge is 2.43. The summed E-state index contributed by atoms with van der Waals surface area (Å²) in [4.78, 5) is 13.9. The van der Waals surface area contributed by atoms with E-state index in [0.29, 0.717) is 29.7 Å². The lowest BCUT2D eigenvalue weighted by atomic mass is 9.93.